The van der Waals surface area contributed by atoms with Crippen molar-refractivity contribution in [3.05, 3.63) is 64.8 Å². The van der Waals surface area contributed by atoms with Crippen LogP contribution in [0.1, 0.15) is 31.9 Å². The molecule has 3 aromatic rings. The molecule has 0 bridgehead atoms. The van der Waals surface area contributed by atoms with Crippen LogP contribution in [-0.2, 0) is 17.9 Å². The largest absolute Gasteiger partial charge is 0.348 e. The van der Waals surface area contributed by atoms with E-state index in [4.69, 9.17) is 0 Å². The highest BCUT2D eigenvalue weighted by molar-refractivity contribution is 5.81. The van der Waals surface area contributed by atoms with E-state index >= 15 is 0 Å². The van der Waals surface area contributed by atoms with Crippen molar-refractivity contribution in [2.75, 3.05) is 0 Å². The van der Waals surface area contributed by atoms with Gasteiger partial charge in [0.2, 0.25) is 5.91 Å². The number of aryl methyl sites for hydroxylation is 1. The molecular weight excluding hydrogens is 316 g/mol. The Balaban J connectivity index is 1.84. The van der Waals surface area contributed by atoms with Gasteiger partial charge < -0.3 is 5.32 Å². The van der Waals surface area contributed by atoms with E-state index in [2.05, 4.69) is 10.3 Å². The average molecular weight is 338 g/mol. The molecule has 6 heteroatoms. The van der Waals surface area contributed by atoms with E-state index < -0.39 is 0 Å². The number of hydrogen-bond donors (Lipinski definition) is 1. The molecule has 2 heterocycles. The number of nitrogens with zero attached hydrogens (tertiary/aromatic N) is 3. The van der Waals surface area contributed by atoms with Crippen LogP contribution in [0.25, 0.3) is 11.0 Å². The molecule has 1 N–H and O–H groups in total. The quantitative estimate of drug-likeness (QED) is 0.751. The highest BCUT2D eigenvalue weighted by Crippen LogP contribution is 2.14. The molecule has 0 spiro atoms. The van der Waals surface area contributed by atoms with Gasteiger partial charge in [-0.3, -0.25) is 18.9 Å². The lowest BCUT2D eigenvalue weighted by molar-refractivity contribution is -0.122. The van der Waals surface area contributed by atoms with Gasteiger partial charge in [-0.25, -0.2) is 4.79 Å². The summed E-state index contributed by atoms with van der Waals surface area (Å²) in [4.78, 5) is 29.2. The number of carbonyl (C=O) groups is 1. The molecule has 1 unspecified atom stereocenters. The highest BCUT2D eigenvalue weighted by Gasteiger charge is 2.16. The van der Waals surface area contributed by atoms with Crippen molar-refractivity contribution in [3.8, 4) is 0 Å². The van der Waals surface area contributed by atoms with Gasteiger partial charge >= 0.3 is 5.69 Å². The van der Waals surface area contributed by atoms with Gasteiger partial charge in [0.25, 0.3) is 0 Å². The zero-order valence-corrected chi connectivity index (χ0v) is 14.5. The van der Waals surface area contributed by atoms with Crippen LogP contribution in [0.5, 0.6) is 0 Å². The number of amides is 1. The van der Waals surface area contributed by atoms with E-state index in [0.717, 1.165) is 23.0 Å². The summed E-state index contributed by atoms with van der Waals surface area (Å²) < 4.78 is 3.27. The van der Waals surface area contributed by atoms with E-state index in [9.17, 15) is 9.59 Å². The number of fused-ring (bicyclic) bond motifs is 1. The second-order valence-corrected chi connectivity index (χ2v) is 6.08. The average Bonchev–Trinajstić information content (AvgIpc) is 2.89. The number of aromatic nitrogens is 3. The van der Waals surface area contributed by atoms with Crippen molar-refractivity contribution >= 4 is 16.9 Å². The van der Waals surface area contributed by atoms with Crippen molar-refractivity contribution in [1.82, 2.24) is 19.4 Å². The Morgan fingerprint density at radius 1 is 1.12 bits per heavy atom. The van der Waals surface area contributed by atoms with E-state index in [1.165, 1.54) is 0 Å². The third-order valence-electron chi connectivity index (χ3n) is 4.26. The molecular formula is C19H22N4O2. The van der Waals surface area contributed by atoms with Crippen LogP contribution in [0.3, 0.4) is 0 Å². The molecule has 1 aromatic carbocycles. The Bertz CT molecular complexity index is 927. The fourth-order valence-corrected chi connectivity index (χ4v) is 3.03. The van der Waals surface area contributed by atoms with Crippen LogP contribution < -0.4 is 11.0 Å². The Hall–Kier alpha value is -2.89. The zero-order chi connectivity index (χ0) is 17.8. The summed E-state index contributed by atoms with van der Waals surface area (Å²) in [6.07, 6.45) is 4.25. The fourth-order valence-electron chi connectivity index (χ4n) is 3.03. The fraction of sp³-hybridized carbons (Fsp3) is 0.316. The minimum absolute atomic E-state index is 0.00544. The van der Waals surface area contributed by atoms with Crippen molar-refractivity contribution in [3.63, 3.8) is 0 Å². The normalized spacial score (nSPS) is 12.2. The van der Waals surface area contributed by atoms with Crippen molar-refractivity contribution in [2.24, 2.45) is 0 Å². The molecule has 0 aliphatic carbocycles. The third kappa shape index (κ3) is 3.47. The number of imidazole rings is 1. The second kappa shape index (κ2) is 7.34. The van der Waals surface area contributed by atoms with Crippen LogP contribution in [0.15, 0.2) is 53.6 Å². The SMILES string of the molecule is CCCn1c(=O)n(CC(=O)NC(C)c2ccncc2)c2ccccc21. The summed E-state index contributed by atoms with van der Waals surface area (Å²) in [6.45, 7) is 4.59. The lowest BCUT2D eigenvalue weighted by atomic mass is 10.1. The number of benzene rings is 1. The molecule has 0 radical (unpaired) electrons. The standard InChI is InChI=1S/C19H22N4O2/c1-3-12-22-16-6-4-5-7-17(16)23(19(22)25)13-18(24)21-14(2)15-8-10-20-11-9-15/h4-11,14H,3,12-13H2,1-2H3,(H,21,24). The Morgan fingerprint density at radius 3 is 2.40 bits per heavy atom. The van der Waals surface area contributed by atoms with Crippen LogP contribution >= 0.6 is 0 Å². The van der Waals surface area contributed by atoms with Crippen LogP contribution in [0.2, 0.25) is 0 Å². The van der Waals surface area contributed by atoms with Crippen LogP contribution in [-0.4, -0.2) is 20.0 Å². The number of rotatable bonds is 6. The van der Waals surface area contributed by atoms with E-state index in [-0.39, 0.29) is 24.2 Å². The summed E-state index contributed by atoms with van der Waals surface area (Å²) in [5.74, 6) is -0.189. The molecule has 0 saturated heterocycles. The summed E-state index contributed by atoms with van der Waals surface area (Å²) in [5, 5.41) is 2.94. The predicted octanol–water partition coefficient (Wildman–Crippen LogP) is 2.49. The smallest absolute Gasteiger partial charge is 0.329 e. The molecule has 0 aliphatic heterocycles. The topological polar surface area (TPSA) is 68.9 Å². The summed E-state index contributed by atoms with van der Waals surface area (Å²) in [5.41, 5.74) is 2.48. The number of carbonyl (C=O) groups excluding carboxylic acids is 1. The predicted molar refractivity (Wildman–Crippen MR) is 97.3 cm³/mol. The molecule has 25 heavy (non-hydrogen) atoms. The number of para-hydroxylation sites is 2. The second-order valence-electron chi connectivity index (χ2n) is 6.08. The summed E-state index contributed by atoms with van der Waals surface area (Å²) in [6, 6.07) is 11.2. The molecule has 0 fully saturated rings. The van der Waals surface area contributed by atoms with Gasteiger partial charge in [-0.1, -0.05) is 19.1 Å². The van der Waals surface area contributed by atoms with Crippen molar-refractivity contribution in [1.29, 1.82) is 0 Å². The molecule has 1 atom stereocenters. The summed E-state index contributed by atoms with van der Waals surface area (Å²) >= 11 is 0. The lowest BCUT2D eigenvalue weighted by Crippen LogP contribution is -2.34. The third-order valence-corrected chi connectivity index (χ3v) is 4.26. The maximum atomic E-state index is 12.7. The van der Waals surface area contributed by atoms with Crippen molar-refractivity contribution in [2.45, 2.75) is 39.4 Å². The summed E-state index contributed by atoms with van der Waals surface area (Å²) in [7, 11) is 0. The maximum Gasteiger partial charge on any atom is 0.329 e. The first-order valence-electron chi connectivity index (χ1n) is 8.49. The number of pyridine rings is 1. The Morgan fingerprint density at radius 2 is 1.76 bits per heavy atom. The van der Waals surface area contributed by atoms with Gasteiger partial charge in [0.15, 0.2) is 0 Å². The molecule has 0 saturated carbocycles. The first kappa shape index (κ1) is 17.0. The van der Waals surface area contributed by atoms with Crippen LogP contribution in [0.4, 0.5) is 0 Å². The molecule has 1 amide bonds. The first-order chi connectivity index (χ1) is 12.1. The minimum Gasteiger partial charge on any atom is -0.348 e. The Kier molecular flexibility index (Phi) is 4.97. The lowest BCUT2D eigenvalue weighted by Gasteiger charge is -2.14. The molecule has 3 rings (SSSR count). The maximum absolute atomic E-state index is 12.7. The first-order valence-corrected chi connectivity index (χ1v) is 8.49. The van der Waals surface area contributed by atoms with Crippen molar-refractivity contribution < 1.29 is 4.79 Å². The molecule has 6 nitrogen and oxygen atoms in total. The van der Waals surface area contributed by atoms with E-state index in [0.29, 0.717) is 6.54 Å². The van der Waals surface area contributed by atoms with Gasteiger partial charge in [-0.15, -0.1) is 0 Å². The van der Waals surface area contributed by atoms with Gasteiger partial charge in [0, 0.05) is 18.9 Å². The van der Waals surface area contributed by atoms with Gasteiger partial charge in [0.05, 0.1) is 17.1 Å². The van der Waals surface area contributed by atoms with Gasteiger partial charge in [-0.05, 0) is 43.2 Å². The monoisotopic (exact) mass is 338 g/mol. The van der Waals surface area contributed by atoms with Crippen LogP contribution in [0, 0.1) is 0 Å². The minimum atomic E-state index is -0.189. The van der Waals surface area contributed by atoms with E-state index in [1.54, 1.807) is 21.5 Å². The zero-order valence-electron chi connectivity index (χ0n) is 14.5. The molecule has 0 aliphatic rings. The molecule has 130 valence electrons. The van der Waals surface area contributed by atoms with Gasteiger partial charge in [0.1, 0.15) is 6.54 Å². The number of nitrogens with one attached hydrogen (secondary N) is 1. The number of hydrogen-bond acceptors (Lipinski definition) is 3. The van der Waals surface area contributed by atoms with E-state index in [1.807, 2.05) is 50.2 Å². The van der Waals surface area contributed by atoms with Gasteiger partial charge in [-0.2, -0.15) is 0 Å². The Labute approximate surface area is 146 Å². The highest BCUT2D eigenvalue weighted by atomic mass is 16.2. The molecule has 2 aromatic heterocycles.